The van der Waals surface area contributed by atoms with Crippen molar-refractivity contribution >= 4 is 22.9 Å². The summed E-state index contributed by atoms with van der Waals surface area (Å²) in [5.74, 6) is 0. The van der Waals surface area contributed by atoms with Gasteiger partial charge in [0.2, 0.25) is 0 Å². The fraction of sp³-hybridized carbons (Fsp3) is 0.429. The van der Waals surface area contributed by atoms with E-state index < -0.39 is 5.41 Å². The van der Waals surface area contributed by atoms with Crippen LogP contribution in [0.2, 0.25) is 4.47 Å². The van der Waals surface area contributed by atoms with Crippen LogP contribution in [0.1, 0.15) is 18.7 Å². The van der Waals surface area contributed by atoms with Gasteiger partial charge in [0, 0.05) is 11.1 Å². The van der Waals surface area contributed by atoms with Crippen LogP contribution in [-0.2, 0) is 5.41 Å². The van der Waals surface area contributed by atoms with Gasteiger partial charge in [-0.3, -0.25) is 0 Å². The molecule has 11 heavy (non-hydrogen) atoms. The minimum absolute atomic E-state index is 0.467. The molecular weight excluding hydrogens is 180 g/mol. The van der Waals surface area contributed by atoms with Crippen molar-refractivity contribution < 1.29 is 0 Å². The molecule has 0 aromatic carbocycles. The van der Waals surface area contributed by atoms with Crippen LogP contribution in [0.4, 0.5) is 0 Å². The Balaban J connectivity index is 3.04. The number of nitrogens with zero attached hydrogens (tertiary/aromatic N) is 2. The van der Waals surface area contributed by atoms with Gasteiger partial charge in [0.15, 0.2) is 4.47 Å². The molecule has 0 unspecified atom stereocenters. The number of hydrogen-bond acceptors (Lipinski definition) is 3. The van der Waals surface area contributed by atoms with Crippen LogP contribution in [0.15, 0.2) is 6.20 Å². The van der Waals surface area contributed by atoms with E-state index in [-0.39, 0.29) is 0 Å². The Kier molecular flexibility index (Phi) is 2.17. The molecule has 0 bridgehead atoms. The average molecular weight is 187 g/mol. The van der Waals surface area contributed by atoms with Gasteiger partial charge in [-0.1, -0.05) is 11.6 Å². The van der Waals surface area contributed by atoms with Crippen LogP contribution >= 0.6 is 22.9 Å². The van der Waals surface area contributed by atoms with Crippen molar-refractivity contribution in [3.8, 4) is 6.07 Å². The minimum Gasteiger partial charge on any atom is -0.233 e. The molecule has 2 nitrogen and oxygen atoms in total. The summed E-state index contributed by atoms with van der Waals surface area (Å²) < 4.78 is 0.489. The van der Waals surface area contributed by atoms with E-state index in [0.29, 0.717) is 4.47 Å². The van der Waals surface area contributed by atoms with Crippen molar-refractivity contribution in [2.45, 2.75) is 19.3 Å². The van der Waals surface area contributed by atoms with Gasteiger partial charge in [0.1, 0.15) is 0 Å². The molecule has 0 amide bonds. The number of thiazole rings is 1. The van der Waals surface area contributed by atoms with Gasteiger partial charge < -0.3 is 0 Å². The van der Waals surface area contributed by atoms with Crippen molar-refractivity contribution in [2.24, 2.45) is 0 Å². The zero-order valence-electron chi connectivity index (χ0n) is 6.26. The summed E-state index contributed by atoms with van der Waals surface area (Å²) in [5, 5.41) is 8.74. The summed E-state index contributed by atoms with van der Waals surface area (Å²) in [4.78, 5) is 4.77. The third-order valence-electron chi connectivity index (χ3n) is 1.37. The van der Waals surface area contributed by atoms with E-state index in [4.69, 9.17) is 16.9 Å². The van der Waals surface area contributed by atoms with Crippen molar-refractivity contribution in [1.82, 2.24) is 4.98 Å². The zero-order valence-corrected chi connectivity index (χ0v) is 7.83. The summed E-state index contributed by atoms with van der Waals surface area (Å²) in [6.45, 7) is 3.69. The molecule has 0 atom stereocenters. The molecule has 4 heteroatoms. The highest BCUT2D eigenvalue weighted by atomic mass is 35.5. The smallest absolute Gasteiger partial charge is 0.183 e. The minimum atomic E-state index is -0.467. The molecule has 1 aromatic rings. The predicted octanol–water partition coefficient (Wildman–Crippen LogP) is 2.60. The maximum Gasteiger partial charge on any atom is 0.183 e. The molecule has 0 N–H and O–H groups in total. The molecule has 1 rings (SSSR count). The molecule has 58 valence electrons. The Morgan fingerprint density at radius 3 is 2.73 bits per heavy atom. The maximum absolute atomic E-state index is 8.74. The molecular formula is C7H7ClN2S. The van der Waals surface area contributed by atoms with E-state index in [1.807, 2.05) is 13.8 Å². The standard InChI is InChI=1S/C7H7ClN2S/c1-7(2,4-9)5-3-10-6(8)11-5/h3H,1-2H3. The molecule has 0 saturated heterocycles. The van der Waals surface area contributed by atoms with E-state index in [1.54, 1.807) is 6.20 Å². The first-order chi connectivity index (χ1) is 5.06. The lowest BCUT2D eigenvalue weighted by molar-refractivity contribution is 0.701. The number of hydrogen-bond donors (Lipinski definition) is 0. The highest BCUT2D eigenvalue weighted by Gasteiger charge is 2.22. The first kappa shape index (κ1) is 8.51. The molecule has 0 saturated carbocycles. The predicted molar refractivity (Wildman–Crippen MR) is 45.8 cm³/mol. The van der Waals surface area contributed by atoms with Crippen LogP contribution in [-0.4, -0.2) is 4.98 Å². The fourth-order valence-corrected chi connectivity index (χ4v) is 1.59. The van der Waals surface area contributed by atoms with Crippen molar-refractivity contribution in [1.29, 1.82) is 5.26 Å². The van der Waals surface area contributed by atoms with Gasteiger partial charge in [-0.25, -0.2) is 4.98 Å². The van der Waals surface area contributed by atoms with Gasteiger partial charge in [-0.05, 0) is 13.8 Å². The molecule has 0 aliphatic carbocycles. The monoisotopic (exact) mass is 186 g/mol. The van der Waals surface area contributed by atoms with Gasteiger partial charge in [0.05, 0.1) is 11.5 Å². The lowest BCUT2D eigenvalue weighted by Crippen LogP contribution is -2.11. The van der Waals surface area contributed by atoms with Gasteiger partial charge in [-0.15, -0.1) is 11.3 Å². The van der Waals surface area contributed by atoms with Crippen LogP contribution in [0.3, 0.4) is 0 Å². The summed E-state index contributed by atoms with van der Waals surface area (Å²) in [6, 6.07) is 2.18. The van der Waals surface area contributed by atoms with Gasteiger partial charge >= 0.3 is 0 Å². The van der Waals surface area contributed by atoms with Crippen molar-refractivity contribution in [3.63, 3.8) is 0 Å². The number of nitriles is 1. The fourth-order valence-electron chi connectivity index (χ4n) is 0.597. The Morgan fingerprint density at radius 1 is 1.73 bits per heavy atom. The van der Waals surface area contributed by atoms with E-state index >= 15 is 0 Å². The number of halogens is 1. The van der Waals surface area contributed by atoms with E-state index in [0.717, 1.165) is 4.88 Å². The molecule has 0 aliphatic rings. The van der Waals surface area contributed by atoms with Crippen LogP contribution in [0, 0.1) is 11.3 Å². The lowest BCUT2D eigenvalue weighted by Gasteiger charge is -2.10. The van der Waals surface area contributed by atoms with Crippen LogP contribution in [0.25, 0.3) is 0 Å². The largest absolute Gasteiger partial charge is 0.233 e. The summed E-state index contributed by atoms with van der Waals surface area (Å²) in [5.41, 5.74) is -0.467. The first-order valence-electron chi connectivity index (χ1n) is 3.09. The van der Waals surface area contributed by atoms with Crippen molar-refractivity contribution in [3.05, 3.63) is 15.5 Å². The van der Waals surface area contributed by atoms with Gasteiger partial charge in [0.25, 0.3) is 0 Å². The van der Waals surface area contributed by atoms with E-state index in [9.17, 15) is 0 Å². The maximum atomic E-state index is 8.74. The highest BCUT2D eigenvalue weighted by molar-refractivity contribution is 7.15. The van der Waals surface area contributed by atoms with E-state index in [2.05, 4.69) is 11.1 Å². The molecule has 0 fully saturated rings. The summed E-state index contributed by atoms with van der Waals surface area (Å²) >= 11 is 6.97. The SMILES string of the molecule is CC(C)(C#N)c1cnc(Cl)s1. The van der Waals surface area contributed by atoms with Gasteiger partial charge in [-0.2, -0.15) is 5.26 Å². The quantitative estimate of drug-likeness (QED) is 0.676. The van der Waals surface area contributed by atoms with Crippen molar-refractivity contribution in [2.75, 3.05) is 0 Å². The normalized spacial score (nSPS) is 11.1. The lowest BCUT2D eigenvalue weighted by atomic mass is 9.95. The zero-order chi connectivity index (χ0) is 8.48. The molecule has 0 radical (unpaired) electrons. The second-order valence-electron chi connectivity index (χ2n) is 2.71. The second kappa shape index (κ2) is 2.80. The first-order valence-corrected chi connectivity index (χ1v) is 4.29. The Labute approximate surface area is 74.4 Å². The Hall–Kier alpha value is -0.590. The number of rotatable bonds is 1. The Bertz CT molecular complexity index is 298. The molecule has 1 aromatic heterocycles. The summed E-state index contributed by atoms with van der Waals surface area (Å²) in [6.07, 6.45) is 1.65. The van der Waals surface area contributed by atoms with Crippen LogP contribution in [0.5, 0.6) is 0 Å². The second-order valence-corrected chi connectivity index (χ2v) is 4.33. The molecule has 1 heterocycles. The average Bonchev–Trinajstić information content (AvgIpc) is 2.36. The third kappa shape index (κ3) is 1.70. The Morgan fingerprint density at radius 2 is 2.36 bits per heavy atom. The van der Waals surface area contributed by atoms with E-state index in [1.165, 1.54) is 11.3 Å². The highest BCUT2D eigenvalue weighted by Crippen LogP contribution is 2.29. The number of aromatic nitrogens is 1. The third-order valence-corrected chi connectivity index (χ3v) is 2.81. The molecule has 0 aliphatic heterocycles. The summed E-state index contributed by atoms with van der Waals surface area (Å²) in [7, 11) is 0. The molecule has 0 spiro atoms. The topological polar surface area (TPSA) is 36.7 Å². The van der Waals surface area contributed by atoms with Crippen LogP contribution < -0.4 is 0 Å².